The predicted molar refractivity (Wildman–Crippen MR) is 133 cm³/mol. The van der Waals surface area contributed by atoms with Gasteiger partial charge in [-0.15, -0.1) is 10.2 Å². The molecule has 2 aromatic heterocycles. The summed E-state index contributed by atoms with van der Waals surface area (Å²) in [5.41, 5.74) is 5.13. The van der Waals surface area contributed by atoms with Gasteiger partial charge >= 0.3 is 0 Å². The van der Waals surface area contributed by atoms with Crippen LogP contribution in [0.25, 0.3) is 11.4 Å². The number of amides is 1. The highest BCUT2D eigenvalue weighted by atomic mass is 32.2. The third-order valence-electron chi connectivity index (χ3n) is 5.52. The lowest BCUT2D eigenvalue weighted by atomic mass is 9.98. The van der Waals surface area contributed by atoms with Gasteiger partial charge in [0.05, 0.1) is 24.1 Å². The zero-order chi connectivity index (χ0) is 23.4. The van der Waals surface area contributed by atoms with Crippen molar-refractivity contribution in [3.63, 3.8) is 0 Å². The van der Waals surface area contributed by atoms with Gasteiger partial charge in [-0.25, -0.2) is 0 Å². The van der Waals surface area contributed by atoms with Crippen molar-refractivity contribution in [1.29, 1.82) is 0 Å². The van der Waals surface area contributed by atoms with Crippen LogP contribution in [0.4, 0.5) is 5.69 Å². The van der Waals surface area contributed by atoms with Gasteiger partial charge < -0.3 is 9.73 Å². The molecule has 0 spiro atoms. The van der Waals surface area contributed by atoms with Crippen LogP contribution in [0.1, 0.15) is 42.2 Å². The zero-order valence-corrected chi connectivity index (χ0v) is 20.1. The van der Waals surface area contributed by atoms with Gasteiger partial charge in [0.1, 0.15) is 5.76 Å². The quantitative estimate of drug-likeness (QED) is 0.324. The molecular formula is C26H28N4O2S. The topological polar surface area (TPSA) is 73.0 Å². The molecule has 2 aromatic carbocycles. The van der Waals surface area contributed by atoms with Crippen LogP contribution in [-0.4, -0.2) is 26.4 Å². The standard InChI is InChI=1S/C26H28N4O2S/c1-17(2)21-12-8-9-18(3)24(21)27-23(31)16-33-26-29-28-25(22-13-14-32-19(22)4)30(26)15-20-10-6-5-7-11-20/h5-14,17H,15-16H2,1-4H3,(H,27,31). The van der Waals surface area contributed by atoms with Crippen LogP contribution in [0.3, 0.4) is 0 Å². The second-order valence-electron chi connectivity index (χ2n) is 8.30. The van der Waals surface area contributed by atoms with E-state index < -0.39 is 0 Å². The Morgan fingerprint density at radius 2 is 1.85 bits per heavy atom. The first kappa shape index (κ1) is 22.9. The summed E-state index contributed by atoms with van der Waals surface area (Å²) in [5.74, 6) is 2.01. The lowest BCUT2D eigenvalue weighted by Gasteiger charge is -2.16. The van der Waals surface area contributed by atoms with Crippen molar-refractivity contribution < 1.29 is 9.21 Å². The van der Waals surface area contributed by atoms with Crippen molar-refractivity contribution >= 4 is 23.4 Å². The van der Waals surface area contributed by atoms with Crippen LogP contribution in [-0.2, 0) is 11.3 Å². The average Bonchev–Trinajstić information content (AvgIpc) is 3.39. The minimum Gasteiger partial charge on any atom is -0.469 e. The number of anilines is 1. The number of thioether (sulfide) groups is 1. The van der Waals surface area contributed by atoms with E-state index in [9.17, 15) is 4.79 Å². The molecule has 1 amide bonds. The fourth-order valence-corrected chi connectivity index (χ4v) is 4.51. The van der Waals surface area contributed by atoms with Gasteiger partial charge in [-0.1, -0.05) is 74.1 Å². The number of aromatic nitrogens is 3. The van der Waals surface area contributed by atoms with Crippen LogP contribution in [0.2, 0.25) is 0 Å². The van der Waals surface area contributed by atoms with Crippen LogP contribution in [0.5, 0.6) is 0 Å². The minimum atomic E-state index is -0.0634. The highest BCUT2D eigenvalue weighted by Gasteiger charge is 2.19. The molecule has 7 heteroatoms. The number of nitrogens with zero attached hydrogens (tertiary/aromatic N) is 3. The summed E-state index contributed by atoms with van der Waals surface area (Å²) in [5, 5.41) is 12.6. The summed E-state index contributed by atoms with van der Waals surface area (Å²) in [6, 6.07) is 18.2. The third kappa shape index (κ3) is 5.20. The number of aryl methyl sites for hydroxylation is 2. The zero-order valence-electron chi connectivity index (χ0n) is 19.3. The van der Waals surface area contributed by atoms with E-state index in [1.807, 2.05) is 54.8 Å². The molecule has 4 aromatic rings. The van der Waals surface area contributed by atoms with E-state index >= 15 is 0 Å². The second-order valence-corrected chi connectivity index (χ2v) is 9.24. The van der Waals surface area contributed by atoms with Gasteiger partial charge in [-0.2, -0.15) is 0 Å². The fraction of sp³-hybridized carbons (Fsp3) is 0.269. The number of benzene rings is 2. The molecule has 0 saturated carbocycles. The molecule has 33 heavy (non-hydrogen) atoms. The number of hydrogen-bond donors (Lipinski definition) is 1. The summed E-state index contributed by atoms with van der Waals surface area (Å²) >= 11 is 1.38. The van der Waals surface area contributed by atoms with E-state index in [0.717, 1.165) is 39.5 Å². The van der Waals surface area contributed by atoms with Crippen molar-refractivity contribution in [3.05, 3.63) is 83.3 Å². The second kappa shape index (κ2) is 10.1. The van der Waals surface area contributed by atoms with Gasteiger partial charge in [0.25, 0.3) is 0 Å². The normalized spacial score (nSPS) is 11.2. The maximum Gasteiger partial charge on any atom is 0.234 e. The highest BCUT2D eigenvalue weighted by molar-refractivity contribution is 7.99. The Labute approximate surface area is 198 Å². The number of carbonyl (C=O) groups is 1. The van der Waals surface area contributed by atoms with Gasteiger partial charge in [0, 0.05) is 5.69 Å². The first-order valence-corrected chi connectivity index (χ1v) is 12.0. The van der Waals surface area contributed by atoms with Crippen molar-refractivity contribution in [3.8, 4) is 11.4 Å². The Morgan fingerprint density at radius 1 is 1.06 bits per heavy atom. The number of furan rings is 1. The van der Waals surface area contributed by atoms with Crippen molar-refractivity contribution in [2.75, 3.05) is 11.1 Å². The number of carbonyl (C=O) groups excluding carboxylic acids is 1. The van der Waals surface area contributed by atoms with Gasteiger partial charge in [0.15, 0.2) is 11.0 Å². The summed E-state index contributed by atoms with van der Waals surface area (Å²) in [6.07, 6.45) is 1.65. The average molecular weight is 461 g/mol. The lowest BCUT2D eigenvalue weighted by molar-refractivity contribution is -0.113. The predicted octanol–water partition coefficient (Wildman–Crippen LogP) is 6.06. The molecule has 0 bridgehead atoms. The molecule has 170 valence electrons. The van der Waals surface area contributed by atoms with Crippen molar-refractivity contribution in [1.82, 2.24) is 14.8 Å². The SMILES string of the molecule is Cc1cccc(C(C)C)c1NC(=O)CSc1nnc(-c2ccoc2C)n1Cc1ccccc1. The number of para-hydroxylation sites is 1. The summed E-state index contributed by atoms with van der Waals surface area (Å²) in [7, 11) is 0. The Bertz CT molecular complexity index is 1240. The van der Waals surface area contributed by atoms with Crippen LogP contribution < -0.4 is 5.32 Å². The molecule has 0 aliphatic heterocycles. The highest BCUT2D eigenvalue weighted by Crippen LogP contribution is 2.30. The molecule has 6 nitrogen and oxygen atoms in total. The minimum absolute atomic E-state index is 0.0634. The molecule has 0 saturated heterocycles. The smallest absolute Gasteiger partial charge is 0.234 e. The van der Waals surface area contributed by atoms with E-state index in [1.54, 1.807) is 6.26 Å². The molecular weight excluding hydrogens is 432 g/mol. The Balaban J connectivity index is 1.56. The number of rotatable bonds is 8. The van der Waals surface area contributed by atoms with Crippen LogP contribution in [0, 0.1) is 13.8 Å². The summed E-state index contributed by atoms with van der Waals surface area (Å²) in [4.78, 5) is 12.9. The van der Waals surface area contributed by atoms with E-state index in [-0.39, 0.29) is 11.7 Å². The Morgan fingerprint density at radius 3 is 2.55 bits per heavy atom. The molecule has 0 fully saturated rings. The third-order valence-corrected chi connectivity index (χ3v) is 6.49. The first-order valence-electron chi connectivity index (χ1n) is 11.0. The molecule has 4 rings (SSSR count). The molecule has 1 N–H and O–H groups in total. The monoisotopic (exact) mass is 460 g/mol. The Hall–Kier alpha value is -3.32. The first-order chi connectivity index (χ1) is 15.9. The van der Waals surface area contributed by atoms with E-state index in [1.165, 1.54) is 11.8 Å². The molecule has 0 unspecified atom stereocenters. The van der Waals surface area contributed by atoms with Crippen LogP contribution in [0.15, 0.2) is 70.4 Å². The largest absolute Gasteiger partial charge is 0.469 e. The Kier molecular flexibility index (Phi) is 6.99. The lowest BCUT2D eigenvalue weighted by Crippen LogP contribution is -2.17. The molecule has 0 aliphatic carbocycles. The summed E-state index contributed by atoms with van der Waals surface area (Å²) < 4.78 is 7.53. The maximum atomic E-state index is 12.9. The molecule has 0 atom stereocenters. The van der Waals surface area contributed by atoms with Crippen molar-refractivity contribution in [2.24, 2.45) is 0 Å². The van der Waals surface area contributed by atoms with Gasteiger partial charge in [0.2, 0.25) is 5.91 Å². The molecule has 0 radical (unpaired) electrons. The fourth-order valence-electron chi connectivity index (χ4n) is 3.77. The molecule has 2 heterocycles. The van der Waals surface area contributed by atoms with Gasteiger partial charge in [-0.05, 0) is 42.5 Å². The van der Waals surface area contributed by atoms with E-state index in [4.69, 9.17) is 4.42 Å². The van der Waals surface area contributed by atoms with Gasteiger partial charge in [-0.3, -0.25) is 9.36 Å². The summed E-state index contributed by atoms with van der Waals surface area (Å²) in [6.45, 7) is 8.79. The molecule has 0 aliphatic rings. The van der Waals surface area contributed by atoms with E-state index in [2.05, 4.69) is 47.6 Å². The van der Waals surface area contributed by atoms with Crippen LogP contribution >= 0.6 is 11.8 Å². The van der Waals surface area contributed by atoms with Crippen molar-refractivity contribution in [2.45, 2.75) is 45.3 Å². The maximum absolute atomic E-state index is 12.9. The van der Waals surface area contributed by atoms with E-state index in [0.29, 0.717) is 17.6 Å². The number of nitrogens with one attached hydrogen (secondary N) is 1. The number of hydrogen-bond acceptors (Lipinski definition) is 5.